The van der Waals surface area contributed by atoms with Gasteiger partial charge in [-0.05, 0) is 49.2 Å². The smallest absolute Gasteiger partial charge is 0.0236 e. The molecule has 0 aromatic rings. The highest BCUT2D eigenvalue weighted by atomic mass is 14.2. The molecule has 0 nitrogen and oxygen atoms in total. The van der Waals surface area contributed by atoms with Crippen LogP contribution in [0.4, 0.5) is 0 Å². The predicted octanol–water partition coefficient (Wildman–Crippen LogP) is 5.51. The van der Waals surface area contributed by atoms with Gasteiger partial charge >= 0.3 is 0 Å². The quantitative estimate of drug-likeness (QED) is 0.508. The summed E-state index contributed by atoms with van der Waals surface area (Å²) in [7, 11) is 0. The molecule has 96 valence electrons. The van der Waals surface area contributed by atoms with Gasteiger partial charge in [-0.25, -0.2) is 0 Å². The van der Waals surface area contributed by atoms with Gasteiger partial charge in [-0.1, -0.05) is 57.9 Å². The average molecular weight is 232 g/mol. The first-order valence-electron chi connectivity index (χ1n) is 7.36. The molecule has 0 amide bonds. The second-order valence-corrected chi connectivity index (χ2v) is 5.86. The average Bonchev–Trinajstić information content (AvgIpc) is 2.57. The monoisotopic (exact) mass is 232 g/mol. The molecular weight excluding hydrogens is 204 g/mol. The lowest BCUT2D eigenvalue weighted by Gasteiger charge is -2.19. The zero-order valence-corrected chi connectivity index (χ0v) is 11.8. The van der Waals surface area contributed by atoms with Gasteiger partial charge in [0.05, 0.1) is 0 Å². The van der Waals surface area contributed by atoms with E-state index in [9.17, 15) is 0 Å². The second kappa shape index (κ2) is 8.40. The van der Waals surface area contributed by atoms with Gasteiger partial charge in [0.1, 0.15) is 0 Å². The van der Waals surface area contributed by atoms with Crippen LogP contribution in [0.15, 0.2) is 23.6 Å². The summed E-state index contributed by atoms with van der Waals surface area (Å²) in [4.78, 5) is 0. The predicted molar refractivity (Wildman–Crippen MR) is 76.0 cm³/mol. The van der Waals surface area contributed by atoms with Crippen LogP contribution in [0.1, 0.15) is 65.7 Å². The lowest BCUT2D eigenvalue weighted by molar-refractivity contribution is 0.347. The van der Waals surface area contributed by atoms with Crippen LogP contribution >= 0.6 is 0 Å². The van der Waals surface area contributed by atoms with Gasteiger partial charge in [-0.15, -0.1) is 0 Å². The van der Waals surface area contributed by atoms with E-state index < -0.39 is 0 Å². The lowest BCUT2D eigenvalue weighted by atomic mass is 9.87. The first-order chi connectivity index (χ1) is 8.22. The van der Waals surface area contributed by atoms with E-state index >= 15 is 0 Å². The third-order valence-electron chi connectivity index (χ3n) is 3.90. The molecule has 17 heavy (non-hydrogen) atoms. The van der Waals surface area contributed by atoms with Gasteiger partial charge in [-0.2, -0.15) is 0 Å². The third kappa shape index (κ3) is 6.57. The topological polar surface area (TPSA) is 0 Å². The zero-order chi connectivity index (χ0) is 12.5. The van der Waals surface area contributed by atoms with Crippen LogP contribution in [0.5, 0.6) is 0 Å². The fourth-order valence-electron chi connectivity index (χ4n) is 2.49. The fourth-order valence-corrected chi connectivity index (χ4v) is 2.49. The Morgan fingerprint density at radius 1 is 1.06 bits per heavy atom. The van der Waals surface area contributed by atoms with Gasteiger partial charge < -0.3 is 0 Å². The molecular formula is C17H28. The standard InChI is InChI=1S/C17H28/c1-4-16(12-11-15(2)3)13-14-17-9-7-5-6-8-10-17/h7-8,15-17H,4,9-14H2,1-3H3/t16-/m0/s1. The number of allylic oxidation sites excluding steroid dienone is 2. The van der Waals surface area contributed by atoms with E-state index in [1.807, 2.05) is 0 Å². The second-order valence-electron chi connectivity index (χ2n) is 5.86. The Balaban J connectivity index is 2.23. The van der Waals surface area contributed by atoms with Gasteiger partial charge in [0.25, 0.3) is 0 Å². The first kappa shape index (κ1) is 14.4. The van der Waals surface area contributed by atoms with Crippen LogP contribution in [-0.2, 0) is 0 Å². The Labute approximate surface area is 108 Å². The minimum Gasteiger partial charge on any atom is -0.0750 e. The Morgan fingerprint density at radius 2 is 1.71 bits per heavy atom. The molecule has 0 unspecified atom stereocenters. The summed E-state index contributed by atoms with van der Waals surface area (Å²) < 4.78 is 0. The van der Waals surface area contributed by atoms with Crippen molar-refractivity contribution < 1.29 is 0 Å². The van der Waals surface area contributed by atoms with Crippen molar-refractivity contribution in [2.45, 2.75) is 65.7 Å². The summed E-state index contributed by atoms with van der Waals surface area (Å²) in [6, 6.07) is 0. The highest BCUT2D eigenvalue weighted by Gasteiger charge is 2.12. The summed E-state index contributed by atoms with van der Waals surface area (Å²) in [5.74, 6) is 2.64. The molecule has 0 saturated heterocycles. The molecule has 1 rings (SSSR count). The molecule has 0 spiro atoms. The summed E-state index contributed by atoms with van der Waals surface area (Å²) in [6.07, 6.45) is 13.7. The minimum absolute atomic E-state index is 0.839. The van der Waals surface area contributed by atoms with Crippen LogP contribution in [0.3, 0.4) is 0 Å². The van der Waals surface area contributed by atoms with Crippen molar-refractivity contribution in [1.82, 2.24) is 0 Å². The molecule has 0 fully saturated rings. The molecule has 0 aliphatic heterocycles. The van der Waals surface area contributed by atoms with Crippen molar-refractivity contribution in [2.24, 2.45) is 17.8 Å². The lowest BCUT2D eigenvalue weighted by Crippen LogP contribution is -2.05. The van der Waals surface area contributed by atoms with Crippen LogP contribution < -0.4 is 0 Å². The van der Waals surface area contributed by atoms with E-state index in [1.54, 1.807) is 0 Å². The maximum atomic E-state index is 3.09. The van der Waals surface area contributed by atoms with Crippen molar-refractivity contribution in [1.29, 1.82) is 0 Å². The molecule has 0 radical (unpaired) electrons. The Morgan fingerprint density at radius 3 is 2.24 bits per heavy atom. The SMILES string of the molecule is CC[C@@H](CCC(C)C)CCC1CC=C=C=CC1. The van der Waals surface area contributed by atoms with E-state index in [0.717, 1.165) is 17.8 Å². The number of rotatable bonds is 7. The Kier molecular flexibility index (Phi) is 7.10. The largest absolute Gasteiger partial charge is 0.0750 e. The molecule has 0 heterocycles. The molecule has 0 heteroatoms. The number of hydrogen-bond acceptors (Lipinski definition) is 0. The van der Waals surface area contributed by atoms with Gasteiger partial charge in [0.2, 0.25) is 0 Å². The van der Waals surface area contributed by atoms with E-state index in [1.165, 1.54) is 44.9 Å². The summed E-state index contributed by atoms with van der Waals surface area (Å²) in [5.41, 5.74) is 6.18. The summed E-state index contributed by atoms with van der Waals surface area (Å²) in [5, 5.41) is 0. The van der Waals surface area contributed by atoms with E-state index in [4.69, 9.17) is 0 Å². The van der Waals surface area contributed by atoms with Crippen LogP contribution in [-0.4, -0.2) is 0 Å². The molecule has 0 aromatic carbocycles. The first-order valence-corrected chi connectivity index (χ1v) is 7.36. The third-order valence-corrected chi connectivity index (χ3v) is 3.90. The maximum Gasteiger partial charge on any atom is -0.0236 e. The molecule has 0 saturated carbocycles. The van der Waals surface area contributed by atoms with Gasteiger partial charge in [0, 0.05) is 0 Å². The zero-order valence-electron chi connectivity index (χ0n) is 11.8. The Hall–Kier alpha value is -0.700. The molecule has 1 aliphatic rings. The van der Waals surface area contributed by atoms with Crippen LogP contribution in [0.25, 0.3) is 0 Å². The van der Waals surface area contributed by atoms with E-state index in [0.29, 0.717) is 0 Å². The van der Waals surface area contributed by atoms with Gasteiger partial charge in [-0.3, -0.25) is 0 Å². The molecule has 1 atom stereocenters. The van der Waals surface area contributed by atoms with Crippen LogP contribution in [0.2, 0.25) is 0 Å². The van der Waals surface area contributed by atoms with Crippen molar-refractivity contribution in [3.63, 3.8) is 0 Å². The summed E-state index contributed by atoms with van der Waals surface area (Å²) in [6.45, 7) is 7.01. The van der Waals surface area contributed by atoms with E-state index in [2.05, 4.69) is 44.4 Å². The molecule has 0 N–H and O–H groups in total. The van der Waals surface area contributed by atoms with Crippen molar-refractivity contribution in [3.8, 4) is 0 Å². The minimum atomic E-state index is 0.839. The van der Waals surface area contributed by atoms with Crippen LogP contribution in [0, 0.1) is 17.8 Å². The highest BCUT2D eigenvalue weighted by Crippen LogP contribution is 2.26. The Bertz CT molecular complexity index is 267. The summed E-state index contributed by atoms with van der Waals surface area (Å²) >= 11 is 0. The van der Waals surface area contributed by atoms with Crippen molar-refractivity contribution in [2.75, 3.05) is 0 Å². The van der Waals surface area contributed by atoms with Crippen molar-refractivity contribution >= 4 is 0 Å². The maximum absolute atomic E-state index is 3.09. The molecule has 0 bridgehead atoms. The highest BCUT2D eigenvalue weighted by molar-refractivity contribution is 4.94. The molecule has 1 aliphatic carbocycles. The van der Waals surface area contributed by atoms with Crippen molar-refractivity contribution in [3.05, 3.63) is 23.6 Å². The van der Waals surface area contributed by atoms with E-state index in [-0.39, 0.29) is 0 Å². The molecule has 0 aromatic heterocycles. The fraction of sp³-hybridized carbons (Fsp3) is 0.765. The van der Waals surface area contributed by atoms with Gasteiger partial charge in [0.15, 0.2) is 0 Å². The normalized spacial score (nSPS) is 17.6. The number of hydrogen-bond donors (Lipinski definition) is 0.